The van der Waals surface area contributed by atoms with Gasteiger partial charge in [-0.25, -0.2) is 0 Å². The number of piperazine rings is 1. The summed E-state index contributed by atoms with van der Waals surface area (Å²) in [7, 11) is 0. The largest absolute Gasteiger partial charge is 0.353 e. The number of rotatable bonds is 3. The highest BCUT2D eigenvalue weighted by Crippen LogP contribution is 2.17. The highest BCUT2D eigenvalue weighted by molar-refractivity contribution is 5.97. The number of hydrogen-bond donors (Lipinski definition) is 1. The molecule has 124 valence electrons. The summed E-state index contributed by atoms with van der Waals surface area (Å²) in [5.74, 6) is -0.251. The Morgan fingerprint density at radius 3 is 2.00 bits per heavy atom. The number of carbonyl (C=O) groups is 3. The van der Waals surface area contributed by atoms with Crippen molar-refractivity contribution in [1.82, 2.24) is 15.1 Å². The fourth-order valence-corrected chi connectivity index (χ4v) is 3.22. The van der Waals surface area contributed by atoms with Gasteiger partial charge in [-0.3, -0.25) is 14.4 Å². The Balaban J connectivity index is 1.72. The maximum absolute atomic E-state index is 12.2. The van der Waals surface area contributed by atoms with Crippen molar-refractivity contribution in [3.05, 3.63) is 0 Å². The summed E-state index contributed by atoms with van der Waals surface area (Å²) in [5.41, 5.74) is 0. The summed E-state index contributed by atoms with van der Waals surface area (Å²) >= 11 is 0. The standard InChI is InChI=1S/C16H27N3O3/c1-13(20)18-8-10-19(11-9-18)16(22)12-15(21)17-14-6-4-2-3-5-7-14/h14H,2-12H2,1H3,(H,17,21). The fourth-order valence-electron chi connectivity index (χ4n) is 3.22. The molecule has 0 aromatic heterocycles. The summed E-state index contributed by atoms with van der Waals surface area (Å²) in [5, 5.41) is 3.00. The summed E-state index contributed by atoms with van der Waals surface area (Å²) in [6.07, 6.45) is 6.78. The lowest BCUT2D eigenvalue weighted by Gasteiger charge is -2.34. The average molecular weight is 309 g/mol. The summed E-state index contributed by atoms with van der Waals surface area (Å²) in [6.45, 7) is 3.71. The molecule has 2 fully saturated rings. The molecule has 6 nitrogen and oxygen atoms in total. The van der Waals surface area contributed by atoms with Crippen molar-refractivity contribution >= 4 is 17.7 Å². The number of amides is 3. The molecule has 0 spiro atoms. The number of nitrogens with zero attached hydrogens (tertiary/aromatic N) is 2. The number of hydrogen-bond acceptors (Lipinski definition) is 3. The van der Waals surface area contributed by atoms with Gasteiger partial charge < -0.3 is 15.1 Å². The van der Waals surface area contributed by atoms with Crippen LogP contribution >= 0.6 is 0 Å². The number of nitrogens with one attached hydrogen (secondary N) is 1. The maximum Gasteiger partial charge on any atom is 0.232 e. The summed E-state index contributed by atoms with van der Waals surface area (Å²) in [4.78, 5) is 38.9. The van der Waals surface area contributed by atoms with Crippen LogP contribution in [0.25, 0.3) is 0 Å². The van der Waals surface area contributed by atoms with Gasteiger partial charge >= 0.3 is 0 Å². The maximum atomic E-state index is 12.2. The van der Waals surface area contributed by atoms with Gasteiger partial charge in [0, 0.05) is 39.1 Å². The molecular weight excluding hydrogens is 282 g/mol. The first-order chi connectivity index (χ1) is 10.6. The van der Waals surface area contributed by atoms with Gasteiger partial charge in [-0.05, 0) is 12.8 Å². The zero-order chi connectivity index (χ0) is 15.9. The molecule has 0 unspecified atom stereocenters. The molecule has 0 aromatic carbocycles. The SMILES string of the molecule is CC(=O)N1CCN(C(=O)CC(=O)NC2CCCCCC2)CC1. The van der Waals surface area contributed by atoms with Gasteiger partial charge in [-0.15, -0.1) is 0 Å². The third-order valence-electron chi connectivity index (χ3n) is 4.61. The van der Waals surface area contributed by atoms with Crippen LogP contribution in [0.4, 0.5) is 0 Å². The lowest BCUT2D eigenvalue weighted by atomic mass is 10.1. The molecule has 22 heavy (non-hydrogen) atoms. The van der Waals surface area contributed by atoms with Crippen LogP contribution in [0.3, 0.4) is 0 Å². The van der Waals surface area contributed by atoms with Crippen LogP contribution in [0.2, 0.25) is 0 Å². The molecule has 3 amide bonds. The van der Waals surface area contributed by atoms with Crippen molar-refractivity contribution in [2.45, 2.75) is 57.9 Å². The van der Waals surface area contributed by atoms with Gasteiger partial charge in [0.2, 0.25) is 17.7 Å². The molecule has 0 bridgehead atoms. The molecular formula is C16H27N3O3. The van der Waals surface area contributed by atoms with Crippen LogP contribution in [0.1, 0.15) is 51.9 Å². The second-order valence-electron chi connectivity index (χ2n) is 6.32. The zero-order valence-corrected chi connectivity index (χ0v) is 13.5. The van der Waals surface area contributed by atoms with Gasteiger partial charge in [-0.1, -0.05) is 25.7 Å². The van der Waals surface area contributed by atoms with E-state index in [1.54, 1.807) is 9.80 Å². The Morgan fingerprint density at radius 1 is 0.909 bits per heavy atom. The highest BCUT2D eigenvalue weighted by Gasteiger charge is 2.24. The molecule has 2 aliphatic rings. The third-order valence-corrected chi connectivity index (χ3v) is 4.61. The zero-order valence-electron chi connectivity index (χ0n) is 13.5. The van der Waals surface area contributed by atoms with Crippen LogP contribution in [0, 0.1) is 0 Å². The molecule has 1 N–H and O–H groups in total. The third kappa shape index (κ3) is 5.00. The van der Waals surface area contributed by atoms with Crippen molar-refractivity contribution in [3.8, 4) is 0 Å². The van der Waals surface area contributed by atoms with Crippen molar-refractivity contribution in [1.29, 1.82) is 0 Å². The van der Waals surface area contributed by atoms with Gasteiger partial charge in [0.25, 0.3) is 0 Å². The molecule has 1 heterocycles. The molecule has 0 atom stereocenters. The molecule has 2 rings (SSSR count). The van der Waals surface area contributed by atoms with Crippen LogP contribution in [-0.2, 0) is 14.4 Å². The van der Waals surface area contributed by atoms with E-state index in [1.807, 2.05) is 0 Å². The Labute approximate surface area is 132 Å². The van der Waals surface area contributed by atoms with E-state index in [0.29, 0.717) is 26.2 Å². The van der Waals surface area contributed by atoms with Gasteiger partial charge in [0.1, 0.15) is 6.42 Å². The predicted octanol–water partition coefficient (Wildman–Crippen LogP) is 0.906. The first-order valence-corrected chi connectivity index (χ1v) is 8.39. The molecule has 6 heteroatoms. The normalized spacial score (nSPS) is 20.4. The summed E-state index contributed by atoms with van der Waals surface area (Å²) < 4.78 is 0. The average Bonchev–Trinajstić information content (AvgIpc) is 2.75. The van der Waals surface area contributed by atoms with E-state index in [0.717, 1.165) is 25.7 Å². The molecule has 1 saturated heterocycles. The lowest BCUT2D eigenvalue weighted by Crippen LogP contribution is -2.51. The van der Waals surface area contributed by atoms with Gasteiger partial charge in [0.15, 0.2) is 0 Å². The first kappa shape index (κ1) is 16.8. The van der Waals surface area contributed by atoms with E-state index in [9.17, 15) is 14.4 Å². The lowest BCUT2D eigenvalue weighted by molar-refractivity contribution is -0.141. The highest BCUT2D eigenvalue weighted by atomic mass is 16.2. The van der Waals surface area contributed by atoms with E-state index in [-0.39, 0.29) is 30.2 Å². The van der Waals surface area contributed by atoms with Gasteiger partial charge in [0.05, 0.1) is 0 Å². The quantitative estimate of drug-likeness (QED) is 0.622. The summed E-state index contributed by atoms with van der Waals surface area (Å²) in [6, 6.07) is 0.234. The minimum atomic E-state index is -0.161. The van der Waals surface area contributed by atoms with E-state index in [4.69, 9.17) is 0 Å². The minimum Gasteiger partial charge on any atom is -0.353 e. The Hall–Kier alpha value is -1.59. The topological polar surface area (TPSA) is 69.7 Å². The molecule has 0 aromatic rings. The number of carbonyl (C=O) groups excluding carboxylic acids is 3. The second-order valence-corrected chi connectivity index (χ2v) is 6.32. The van der Waals surface area contributed by atoms with Crippen molar-refractivity contribution < 1.29 is 14.4 Å². The van der Waals surface area contributed by atoms with E-state index >= 15 is 0 Å². The van der Waals surface area contributed by atoms with E-state index in [2.05, 4.69) is 5.32 Å². The second kappa shape index (κ2) is 8.15. The fraction of sp³-hybridized carbons (Fsp3) is 0.812. The van der Waals surface area contributed by atoms with Crippen LogP contribution in [0.5, 0.6) is 0 Å². The van der Waals surface area contributed by atoms with Gasteiger partial charge in [-0.2, -0.15) is 0 Å². The molecule has 1 aliphatic heterocycles. The Morgan fingerprint density at radius 2 is 1.45 bits per heavy atom. The van der Waals surface area contributed by atoms with Crippen LogP contribution in [-0.4, -0.2) is 59.7 Å². The molecule has 0 radical (unpaired) electrons. The molecule has 1 saturated carbocycles. The molecule has 1 aliphatic carbocycles. The van der Waals surface area contributed by atoms with E-state index in [1.165, 1.54) is 19.8 Å². The Bertz CT molecular complexity index is 409. The van der Waals surface area contributed by atoms with Crippen LogP contribution < -0.4 is 5.32 Å². The van der Waals surface area contributed by atoms with Crippen molar-refractivity contribution in [2.75, 3.05) is 26.2 Å². The van der Waals surface area contributed by atoms with Crippen molar-refractivity contribution in [2.24, 2.45) is 0 Å². The monoisotopic (exact) mass is 309 g/mol. The smallest absolute Gasteiger partial charge is 0.232 e. The first-order valence-electron chi connectivity index (χ1n) is 8.39. The van der Waals surface area contributed by atoms with Crippen LogP contribution in [0.15, 0.2) is 0 Å². The Kier molecular flexibility index (Phi) is 6.21. The predicted molar refractivity (Wildman–Crippen MR) is 83.1 cm³/mol. The van der Waals surface area contributed by atoms with Crippen molar-refractivity contribution in [3.63, 3.8) is 0 Å². The van der Waals surface area contributed by atoms with E-state index < -0.39 is 0 Å². The minimum absolute atomic E-state index is 0.0400.